The van der Waals surface area contributed by atoms with Gasteiger partial charge in [-0.1, -0.05) is 15.9 Å². The molecule has 0 bridgehead atoms. The van der Waals surface area contributed by atoms with E-state index in [1.54, 1.807) is 24.3 Å². The van der Waals surface area contributed by atoms with Crippen LogP contribution >= 0.6 is 15.9 Å². The molecule has 1 fully saturated rings. The maximum absolute atomic E-state index is 11.8. The van der Waals surface area contributed by atoms with Crippen molar-refractivity contribution in [1.29, 1.82) is 0 Å². The minimum Gasteiger partial charge on any atom is -0.419 e. The zero-order valence-corrected chi connectivity index (χ0v) is 13.4. The Hall–Kier alpha value is -2.35. The lowest BCUT2D eigenvalue weighted by Crippen LogP contribution is -2.43. The average molecular weight is 369 g/mol. The Labute approximate surface area is 134 Å². The Morgan fingerprint density at radius 1 is 1.14 bits per heavy atom. The second-order valence-electron chi connectivity index (χ2n) is 4.84. The summed E-state index contributed by atoms with van der Waals surface area (Å²) >= 11 is 3.26. The van der Waals surface area contributed by atoms with E-state index in [1.165, 1.54) is 13.8 Å². The van der Waals surface area contributed by atoms with Gasteiger partial charge in [-0.15, -0.1) is 0 Å². The summed E-state index contributed by atoms with van der Waals surface area (Å²) in [7, 11) is 0. The van der Waals surface area contributed by atoms with Crippen LogP contribution in [0.25, 0.3) is 0 Å². The molecule has 1 amide bonds. The third-order valence-corrected chi connectivity index (χ3v) is 3.15. The van der Waals surface area contributed by atoms with Crippen LogP contribution in [0.15, 0.2) is 40.5 Å². The molecule has 0 spiro atoms. The van der Waals surface area contributed by atoms with Crippen LogP contribution in [0.1, 0.15) is 24.2 Å². The number of cyclic esters (lactones) is 2. The van der Waals surface area contributed by atoms with Gasteiger partial charge in [-0.3, -0.25) is 10.2 Å². The second-order valence-corrected chi connectivity index (χ2v) is 5.76. The highest BCUT2D eigenvalue weighted by atomic mass is 79.9. The number of hydrogen-bond donors (Lipinski definition) is 2. The molecule has 0 aromatic heterocycles. The maximum atomic E-state index is 11.8. The first-order valence-electron chi connectivity index (χ1n) is 6.27. The third kappa shape index (κ3) is 3.85. The number of amides is 1. The summed E-state index contributed by atoms with van der Waals surface area (Å²) < 4.78 is 10.6. The van der Waals surface area contributed by atoms with Crippen molar-refractivity contribution < 1.29 is 23.9 Å². The summed E-state index contributed by atoms with van der Waals surface area (Å²) in [5.41, 5.74) is 4.78. The number of halogens is 1. The van der Waals surface area contributed by atoms with Crippen molar-refractivity contribution >= 4 is 33.8 Å². The molecule has 2 N–H and O–H groups in total. The normalized spacial score (nSPS) is 16.4. The molecule has 1 aromatic carbocycles. The van der Waals surface area contributed by atoms with E-state index in [4.69, 9.17) is 9.47 Å². The molecule has 7 nitrogen and oxygen atoms in total. The zero-order chi connectivity index (χ0) is 16.3. The highest BCUT2D eigenvalue weighted by Crippen LogP contribution is 2.21. The van der Waals surface area contributed by atoms with Crippen molar-refractivity contribution in [2.75, 3.05) is 0 Å². The summed E-state index contributed by atoms with van der Waals surface area (Å²) in [5, 5.41) is 0. The molecule has 1 heterocycles. The lowest BCUT2D eigenvalue weighted by molar-refractivity contribution is -0.222. The molecule has 2 rings (SSSR count). The van der Waals surface area contributed by atoms with Gasteiger partial charge in [-0.25, -0.2) is 9.59 Å². The number of rotatable bonds is 3. The van der Waals surface area contributed by atoms with E-state index in [9.17, 15) is 14.4 Å². The highest BCUT2D eigenvalue weighted by molar-refractivity contribution is 9.10. The predicted octanol–water partition coefficient (Wildman–Crippen LogP) is 1.40. The van der Waals surface area contributed by atoms with Crippen molar-refractivity contribution in [1.82, 2.24) is 10.9 Å². The predicted molar refractivity (Wildman–Crippen MR) is 79.1 cm³/mol. The number of esters is 2. The first-order chi connectivity index (χ1) is 10.3. The fourth-order valence-electron chi connectivity index (χ4n) is 1.63. The Morgan fingerprint density at radius 2 is 1.68 bits per heavy atom. The SMILES string of the molecule is CC1(C)OC(=O)C(=CNNC(=O)c2ccc(Br)cc2)C(=O)O1. The van der Waals surface area contributed by atoms with Gasteiger partial charge in [-0.2, -0.15) is 0 Å². The van der Waals surface area contributed by atoms with Crippen molar-refractivity contribution in [3.05, 3.63) is 46.1 Å². The van der Waals surface area contributed by atoms with Crippen LogP contribution < -0.4 is 10.9 Å². The van der Waals surface area contributed by atoms with Crippen molar-refractivity contribution in [2.24, 2.45) is 0 Å². The van der Waals surface area contributed by atoms with Crippen LogP contribution in [0, 0.1) is 0 Å². The molecule has 22 heavy (non-hydrogen) atoms. The van der Waals surface area contributed by atoms with Crippen molar-refractivity contribution in [3.63, 3.8) is 0 Å². The van der Waals surface area contributed by atoms with E-state index in [1.807, 2.05) is 0 Å². The van der Waals surface area contributed by atoms with Crippen molar-refractivity contribution in [3.8, 4) is 0 Å². The summed E-state index contributed by atoms with van der Waals surface area (Å²) in [6, 6.07) is 6.65. The van der Waals surface area contributed by atoms with Crippen molar-refractivity contribution in [2.45, 2.75) is 19.6 Å². The van der Waals surface area contributed by atoms with Gasteiger partial charge < -0.3 is 14.9 Å². The van der Waals surface area contributed by atoms with Crippen LogP contribution in [-0.4, -0.2) is 23.6 Å². The number of carbonyl (C=O) groups is 3. The lowest BCUT2D eigenvalue weighted by atomic mass is 10.2. The molecule has 1 aliphatic heterocycles. The van der Waals surface area contributed by atoms with Gasteiger partial charge in [0.2, 0.25) is 0 Å². The number of ether oxygens (including phenoxy) is 2. The van der Waals surface area contributed by atoms with E-state index in [-0.39, 0.29) is 5.57 Å². The molecule has 1 aromatic rings. The van der Waals surface area contributed by atoms with E-state index >= 15 is 0 Å². The van der Waals surface area contributed by atoms with Gasteiger partial charge in [0.05, 0.1) is 0 Å². The molecule has 0 saturated carbocycles. The van der Waals surface area contributed by atoms with Crippen LogP contribution in [-0.2, 0) is 19.1 Å². The Balaban J connectivity index is 1.97. The Kier molecular flexibility index (Phi) is 4.51. The van der Waals surface area contributed by atoms with E-state index in [0.29, 0.717) is 5.56 Å². The minimum absolute atomic E-state index is 0.338. The standard InChI is InChI=1S/C14H13BrN2O5/c1-14(2)21-12(19)10(13(20)22-14)7-16-17-11(18)8-3-5-9(15)6-4-8/h3-7,16H,1-2H3,(H,17,18). The van der Waals surface area contributed by atoms with Gasteiger partial charge in [0.15, 0.2) is 5.57 Å². The molecular weight excluding hydrogens is 356 g/mol. The molecule has 0 unspecified atom stereocenters. The number of carbonyl (C=O) groups excluding carboxylic acids is 3. The topological polar surface area (TPSA) is 93.7 Å². The number of hydrazine groups is 1. The summed E-state index contributed by atoms with van der Waals surface area (Å²) in [5.74, 6) is -3.38. The lowest BCUT2D eigenvalue weighted by Gasteiger charge is -2.29. The molecule has 0 atom stereocenters. The third-order valence-electron chi connectivity index (χ3n) is 2.63. The quantitative estimate of drug-likeness (QED) is 0.362. The molecule has 0 radical (unpaired) electrons. The molecule has 0 aliphatic carbocycles. The summed E-state index contributed by atoms with van der Waals surface area (Å²) in [6.45, 7) is 2.89. The Bertz CT molecular complexity index is 630. The smallest absolute Gasteiger partial charge is 0.350 e. The van der Waals surface area contributed by atoms with E-state index in [2.05, 4.69) is 26.8 Å². The fourth-order valence-corrected chi connectivity index (χ4v) is 1.89. The van der Waals surface area contributed by atoms with Crippen LogP contribution in [0.4, 0.5) is 0 Å². The van der Waals surface area contributed by atoms with Gasteiger partial charge >= 0.3 is 11.9 Å². The summed E-state index contributed by atoms with van der Waals surface area (Å²) in [4.78, 5) is 35.1. The second kappa shape index (κ2) is 6.18. The van der Waals surface area contributed by atoms with Crippen LogP contribution in [0.3, 0.4) is 0 Å². The summed E-state index contributed by atoms with van der Waals surface area (Å²) in [6.07, 6.45) is 1.02. The van der Waals surface area contributed by atoms with Crippen LogP contribution in [0.2, 0.25) is 0 Å². The Morgan fingerprint density at radius 3 is 2.23 bits per heavy atom. The van der Waals surface area contributed by atoms with Gasteiger partial charge in [0.25, 0.3) is 11.7 Å². The number of hydrogen-bond acceptors (Lipinski definition) is 6. The average Bonchev–Trinajstić information content (AvgIpc) is 2.41. The molecule has 1 saturated heterocycles. The molecule has 1 aliphatic rings. The van der Waals surface area contributed by atoms with E-state index < -0.39 is 23.6 Å². The largest absolute Gasteiger partial charge is 0.419 e. The molecule has 116 valence electrons. The maximum Gasteiger partial charge on any atom is 0.350 e. The monoisotopic (exact) mass is 368 g/mol. The molecular formula is C14H13BrN2O5. The van der Waals surface area contributed by atoms with Gasteiger partial charge in [0.1, 0.15) is 0 Å². The number of nitrogens with one attached hydrogen (secondary N) is 2. The first kappa shape index (κ1) is 16.0. The fraction of sp³-hybridized carbons (Fsp3) is 0.214. The van der Waals surface area contributed by atoms with E-state index in [0.717, 1.165) is 10.7 Å². The number of benzene rings is 1. The molecule has 8 heteroatoms. The van der Waals surface area contributed by atoms with Gasteiger partial charge in [0, 0.05) is 30.1 Å². The minimum atomic E-state index is -1.30. The van der Waals surface area contributed by atoms with Gasteiger partial charge in [-0.05, 0) is 24.3 Å². The first-order valence-corrected chi connectivity index (χ1v) is 7.06. The van der Waals surface area contributed by atoms with Crippen LogP contribution in [0.5, 0.6) is 0 Å². The zero-order valence-electron chi connectivity index (χ0n) is 11.8. The highest BCUT2D eigenvalue weighted by Gasteiger charge is 2.38.